The second-order valence-electron chi connectivity index (χ2n) is 9.02. The summed E-state index contributed by atoms with van der Waals surface area (Å²) in [6, 6.07) is 4.91. The normalized spacial score (nSPS) is 16.1. The number of nitrogens with zero attached hydrogens (tertiary/aromatic N) is 6. The van der Waals surface area contributed by atoms with Crippen LogP contribution in [-0.2, 0) is 27.8 Å². The van der Waals surface area contributed by atoms with Crippen molar-refractivity contribution in [3.63, 3.8) is 0 Å². The van der Waals surface area contributed by atoms with Gasteiger partial charge in [-0.25, -0.2) is 17.7 Å². The van der Waals surface area contributed by atoms with Crippen LogP contribution < -0.4 is 5.32 Å². The molecule has 1 unspecified atom stereocenters. The maximum absolute atomic E-state index is 13.2. The minimum absolute atomic E-state index is 0.0168. The number of nitrogens with one attached hydrogen (secondary N) is 1. The van der Waals surface area contributed by atoms with Crippen molar-refractivity contribution in [2.24, 2.45) is 0 Å². The standard InChI is InChI=1S/C23H31N7O3S/c1-6-10-30-14-18-21(25-23(26-22(18)27-30)24-9-11-28(2)3)20-17-13-16(34(32,33)29(4)5)8-7-15(17)12-19(20)31/h7-8,13-14,20H,6,9-12H2,1-5H3,(H,24,26,27). The molecule has 1 atom stereocenters. The zero-order valence-electron chi connectivity index (χ0n) is 20.2. The molecule has 4 rings (SSSR count). The maximum atomic E-state index is 13.2. The molecule has 0 saturated heterocycles. The smallest absolute Gasteiger partial charge is 0.242 e. The third-order valence-corrected chi connectivity index (χ3v) is 7.73. The molecule has 0 spiro atoms. The van der Waals surface area contributed by atoms with Gasteiger partial charge in [-0.3, -0.25) is 9.48 Å². The number of fused-ring (bicyclic) bond motifs is 2. The number of ketones is 1. The highest BCUT2D eigenvalue weighted by molar-refractivity contribution is 7.89. The van der Waals surface area contributed by atoms with Crippen LogP contribution in [0.4, 0.5) is 5.95 Å². The van der Waals surface area contributed by atoms with Crippen LogP contribution >= 0.6 is 0 Å². The lowest BCUT2D eigenvalue weighted by molar-refractivity contribution is -0.118. The summed E-state index contributed by atoms with van der Waals surface area (Å²) < 4.78 is 28.5. The molecule has 2 aromatic heterocycles. The summed E-state index contributed by atoms with van der Waals surface area (Å²) in [5.41, 5.74) is 2.57. The lowest BCUT2D eigenvalue weighted by Crippen LogP contribution is -2.22. The molecular formula is C23H31N7O3S. The van der Waals surface area contributed by atoms with Gasteiger partial charge >= 0.3 is 0 Å². The molecule has 1 N–H and O–H groups in total. The number of rotatable bonds is 9. The average molecular weight is 486 g/mol. The Bertz CT molecular complexity index is 1330. The third-order valence-electron chi connectivity index (χ3n) is 5.92. The zero-order valence-corrected chi connectivity index (χ0v) is 21.1. The van der Waals surface area contributed by atoms with Crippen LogP contribution in [0.15, 0.2) is 29.3 Å². The van der Waals surface area contributed by atoms with Crippen molar-refractivity contribution in [2.45, 2.75) is 37.1 Å². The van der Waals surface area contributed by atoms with Gasteiger partial charge in [-0.1, -0.05) is 13.0 Å². The summed E-state index contributed by atoms with van der Waals surface area (Å²) in [4.78, 5) is 24.8. The van der Waals surface area contributed by atoms with E-state index >= 15 is 0 Å². The molecule has 0 amide bonds. The minimum atomic E-state index is -3.64. The van der Waals surface area contributed by atoms with E-state index < -0.39 is 15.9 Å². The molecule has 2 heterocycles. The number of hydrogen-bond donors (Lipinski definition) is 1. The van der Waals surface area contributed by atoms with Gasteiger partial charge in [0.1, 0.15) is 0 Å². The van der Waals surface area contributed by atoms with Crippen molar-refractivity contribution in [3.8, 4) is 0 Å². The maximum Gasteiger partial charge on any atom is 0.242 e. The molecule has 10 nitrogen and oxygen atoms in total. The van der Waals surface area contributed by atoms with E-state index in [0.29, 0.717) is 34.8 Å². The highest BCUT2D eigenvalue weighted by atomic mass is 32.2. The van der Waals surface area contributed by atoms with Gasteiger partial charge in [0, 0.05) is 46.3 Å². The number of aromatic nitrogens is 4. The molecule has 0 saturated carbocycles. The van der Waals surface area contributed by atoms with Crippen molar-refractivity contribution in [1.82, 2.24) is 29.0 Å². The van der Waals surface area contributed by atoms with Crippen molar-refractivity contribution < 1.29 is 13.2 Å². The summed E-state index contributed by atoms with van der Waals surface area (Å²) in [5.74, 6) is -0.284. The molecule has 0 bridgehead atoms. The van der Waals surface area contributed by atoms with Crippen LogP contribution in [0.1, 0.15) is 36.1 Å². The van der Waals surface area contributed by atoms with Gasteiger partial charge < -0.3 is 10.2 Å². The highest BCUT2D eigenvalue weighted by Gasteiger charge is 2.36. The Balaban J connectivity index is 1.84. The SMILES string of the molecule is CCCn1cc2c(C3C(=O)Cc4ccc(S(=O)(=O)N(C)C)cc43)nc(NCCN(C)C)nc2n1. The summed E-state index contributed by atoms with van der Waals surface area (Å²) in [7, 11) is 3.31. The lowest BCUT2D eigenvalue weighted by Gasteiger charge is -2.16. The Kier molecular flexibility index (Phi) is 6.70. The molecule has 182 valence electrons. The highest BCUT2D eigenvalue weighted by Crippen LogP contribution is 2.39. The van der Waals surface area contributed by atoms with Gasteiger partial charge in [0.15, 0.2) is 11.4 Å². The number of benzene rings is 1. The lowest BCUT2D eigenvalue weighted by atomic mass is 9.95. The van der Waals surface area contributed by atoms with E-state index in [1.54, 1.807) is 18.2 Å². The summed E-state index contributed by atoms with van der Waals surface area (Å²) in [5, 5.41) is 8.54. The molecular weight excluding hydrogens is 454 g/mol. The van der Waals surface area contributed by atoms with Gasteiger partial charge in [-0.15, -0.1) is 0 Å². The Morgan fingerprint density at radius 2 is 1.94 bits per heavy atom. The number of sulfonamides is 1. The molecule has 1 aliphatic rings. The van der Waals surface area contributed by atoms with E-state index in [1.165, 1.54) is 18.4 Å². The average Bonchev–Trinajstić information content (AvgIpc) is 3.32. The van der Waals surface area contributed by atoms with Gasteiger partial charge in [-0.05, 0) is 43.8 Å². The second kappa shape index (κ2) is 9.40. The van der Waals surface area contributed by atoms with Crippen molar-refractivity contribution in [2.75, 3.05) is 46.6 Å². The third kappa shape index (κ3) is 4.55. The van der Waals surface area contributed by atoms with E-state index in [-0.39, 0.29) is 17.1 Å². The Hall–Kier alpha value is -2.89. The number of carbonyl (C=O) groups excluding carboxylic acids is 1. The first-order valence-electron chi connectivity index (χ1n) is 11.3. The molecule has 1 aromatic carbocycles. The van der Waals surface area contributed by atoms with E-state index in [9.17, 15) is 13.2 Å². The number of aryl methyl sites for hydroxylation is 1. The monoisotopic (exact) mass is 485 g/mol. The topological polar surface area (TPSA) is 113 Å². The fraction of sp³-hybridized carbons (Fsp3) is 0.478. The van der Waals surface area contributed by atoms with E-state index in [4.69, 9.17) is 4.98 Å². The summed E-state index contributed by atoms with van der Waals surface area (Å²) in [6.07, 6.45) is 3.02. The molecule has 34 heavy (non-hydrogen) atoms. The van der Waals surface area contributed by atoms with Crippen LogP contribution in [0.2, 0.25) is 0 Å². The fourth-order valence-electron chi connectivity index (χ4n) is 4.15. The number of Topliss-reactive ketones (excluding diaryl/α,β-unsaturated/α-hetero) is 1. The van der Waals surface area contributed by atoms with E-state index in [1.807, 2.05) is 29.9 Å². The van der Waals surface area contributed by atoms with Crippen molar-refractivity contribution in [3.05, 3.63) is 41.2 Å². The number of anilines is 1. The zero-order chi connectivity index (χ0) is 24.6. The van der Waals surface area contributed by atoms with Crippen LogP contribution in [0, 0.1) is 0 Å². The minimum Gasteiger partial charge on any atom is -0.353 e. The van der Waals surface area contributed by atoms with Crippen molar-refractivity contribution in [1.29, 1.82) is 0 Å². The van der Waals surface area contributed by atoms with Crippen LogP contribution in [-0.4, -0.2) is 84.4 Å². The molecule has 3 aromatic rings. The van der Waals surface area contributed by atoms with Gasteiger partial charge in [0.25, 0.3) is 0 Å². The summed E-state index contributed by atoms with van der Waals surface area (Å²) in [6.45, 7) is 4.21. The Labute approximate surface area is 200 Å². The predicted octanol–water partition coefficient (Wildman–Crippen LogP) is 1.72. The first kappa shape index (κ1) is 24.2. The number of carbonyl (C=O) groups is 1. The second-order valence-corrected chi connectivity index (χ2v) is 11.2. The van der Waals surface area contributed by atoms with Gasteiger partial charge in [-0.2, -0.15) is 10.1 Å². The first-order valence-corrected chi connectivity index (χ1v) is 12.8. The van der Waals surface area contributed by atoms with Crippen LogP contribution in [0.5, 0.6) is 0 Å². The largest absolute Gasteiger partial charge is 0.353 e. The van der Waals surface area contributed by atoms with Crippen LogP contribution in [0.3, 0.4) is 0 Å². The fourth-order valence-corrected chi connectivity index (χ4v) is 5.08. The van der Waals surface area contributed by atoms with E-state index in [0.717, 1.165) is 25.1 Å². The Morgan fingerprint density at radius 1 is 1.18 bits per heavy atom. The predicted molar refractivity (Wildman–Crippen MR) is 131 cm³/mol. The van der Waals surface area contributed by atoms with E-state index in [2.05, 4.69) is 22.3 Å². The number of likely N-dealkylation sites (N-methyl/N-ethyl adjacent to an activating group) is 1. The Morgan fingerprint density at radius 3 is 2.62 bits per heavy atom. The molecule has 0 fully saturated rings. The molecule has 0 radical (unpaired) electrons. The molecule has 1 aliphatic carbocycles. The first-order chi connectivity index (χ1) is 16.1. The van der Waals surface area contributed by atoms with Crippen LogP contribution in [0.25, 0.3) is 11.0 Å². The van der Waals surface area contributed by atoms with Gasteiger partial charge in [0.05, 0.1) is 21.9 Å². The molecule has 11 heteroatoms. The number of hydrogen-bond acceptors (Lipinski definition) is 8. The van der Waals surface area contributed by atoms with Crippen molar-refractivity contribution >= 4 is 32.8 Å². The quantitative estimate of drug-likeness (QED) is 0.487. The molecule has 0 aliphatic heterocycles. The van der Waals surface area contributed by atoms with Gasteiger partial charge in [0.2, 0.25) is 16.0 Å². The summed E-state index contributed by atoms with van der Waals surface area (Å²) >= 11 is 0.